The third-order valence-corrected chi connectivity index (χ3v) is 4.45. The van der Waals surface area contributed by atoms with Gasteiger partial charge in [-0.15, -0.1) is 0 Å². The summed E-state index contributed by atoms with van der Waals surface area (Å²) in [5.41, 5.74) is 0. The molecule has 2 aliphatic carbocycles. The first-order chi connectivity index (χ1) is 8.56. The summed E-state index contributed by atoms with van der Waals surface area (Å²) in [6.07, 6.45) is 6.62. The van der Waals surface area contributed by atoms with Crippen LogP contribution < -0.4 is 0 Å². The highest BCUT2D eigenvalue weighted by Gasteiger charge is 2.37. The largest absolute Gasteiger partial charge is 0.401 e. The molecule has 2 fully saturated rings. The van der Waals surface area contributed by atoms with Gasteiger partial charge in [0.25, 0.3) is 0 Å². The molecule has 2 rings (SSSR count). The number of hydrogen-bond acceptors (Lipinski definition) is 1. The van der Waals surface area contributed by atoms with Crippen molar-refractivity contribution >= 4 is 0 Å². The van der Waals surface area contributed by atoms with Crippen molar-refractivity contribution in [3.63, 3.8) is 0 Å². The van der Waals surface area contributed by atoms with E-state index in [4.69, 9.17) is 0 Å². The second-order valence-electron chi connectivity index (χ2n) is 5.87. The maximum atomic E-state index is 12.8. The lowest BCUT2D eigenvalue weighted by atomic mass is 9.88. The minimum absolute atomic E-state index is 0.184. The van der Waals surface area contributed by atoms with Crippen molar-refractivity contribution in [1.29, 1.82) is 0 Å². The SMILES string of the molecule is FC(F)(F)CN(C1CCCCC1)C1CCCCC1. The van der Waals surface area contributed by atoms with Gasteiger partial charge in [-0.3, -0.25) is 4.90 Å². The lowest BCUT2D eigenvalue weighted by Crippen LogP contribution is -2.49. The second kappa shape index (κ2) is 6.27. The van der Waals surface area contributed by atoms with E-state index in [0.717, 1.165) is 51.4 Å². The Morgan fingerprint density at radius 2 is 1.11 bits per heavy atom. The van der Waals surface area contributed by atoms with E-state index >= 15 is 0 Å². The molecule has 0 heterocycles. The average Bonchev–Trinajstić information content (AvgIpc) is 2.37. The molecule has 0 atom stereocenters. The Morgan fingerprint density at radius 3 is 1.44 bits per heavy atom. The third kappa shape index (κ3) is 4.15. The first kappa shape index (κ1) is 14.2. The minimum Gasteiger partial charge on any atom is -0.289 e. The van der Waals surface area contributed by atoms with E-state index in [1.807, 2.05) is 0 Å². The van der Waals surface area contributed by atoms with Crippen LogP contribution in [-0.4, -0.2) is 29.7 Å². The average molecular weight is 263 g/mol. The van der Waals surface area contributed by atoms with Crippen LogP contribution in [0.5, 0.6) is 0 Å². The number of nitrogens with zero attached hydrogens (tertiary/aromatic N) is 1. The molecule has 0 aromatic heterocycles. The van der Waals surface area contributed by atoms with Gasteiger partial charge in [-0.25, -0.2) is 0 Å². The van der Waals surface area contributed by atoms with Crippen LogP contribution in [0.2, 0.25) is 0 Å². The Labute approximate surface area is 108 Å². The van der Waals surface area contributed by atoms with E-state index in [0.29, 0.717) is 0 Å². The molecule has 0 saturated heterocycles. The Bertz CT molecular complexity index is 222. The number of alkyl halides is 3. The molecule has 2 saturated carbocycles. The van der Waals surface area contributed by atoms with Crippen molar-refractivity contribution in [2.75, 3.05) is 6.54 Å². The van der Waals surface area contributed by atoms with Gasteiger partial charge in [0.05, 0.1) is 6.54 Å². The standard InChI is InChI=1S/C14H24F3N/c15-14(16,17)11-18(12-7-3-1-4-8-12)13-9-5-2-6-10-13/h12-13H,1-11H2. The first-order valence-corrected chi connectivity index (χ1v) is 7.39. The van der Waals surface area contributed by atoms with Crippen molar-refractivity contribution in [3.8, 4) is 0 Å². The van der Waals surface area contributed by atoms with Gasteiger partial charge < -0.3 is 0 Å². The zero-order valence-corrected chi connectivity index (χ0v) is 11.0. The molecule has 18 heavy (non-hydrogen) atoms. The number of halogens is 3. The fourth-order valence-corrected chi connectivity index (χ4v) is 3.59. The van der Waals surface area contributed by atoms with Gasteiger partial charge in [-0.1, -0.05) is 38.5 Å². The molecule has 0 amide bonds. The van der Waals surface area contributed by atoms with E-state index in [1.54, 1.807) is 4.90 Å². The quantitative estimate of drug-likeness (QED) is 0.723. The molecule has 0 aromatic carbocycles. The van der Waals surface area contributed by atoms with Crippen LogP contribution in [0.25, 0.3) is 0 Å². The molecular formula is C14H24F3N. The van der Waals surface area contributed by atoms with Gasteiger partial charge in [0.2, 0.25) is 0 Å². The van der Waals surface area contributed by atoms with E-state index in [9.17, 15) is 13.2 Å². The highest BCUT2D eigenvalue weighted by atomic mass is 19.4. The summed E-state index contributed by atoms with van der Waals surface area (Å²) in [5.74, 6) is 0. The van der Waals surface area contributed by atoms with Crippen LogP contribution in [-0.2, 0) is 0 Å². The van der Waals surface area contributed by atoms with Crippen LogP contribution in [0.1, 0.15) is 64.2 Å². The molecule has 0 N–H and O–H groups in total. The molecular weight excluding hydrogens is 239 g/mol. The highest BCUT2D eigenvalue weighted by Crippen LogP contribution is 2.32. The summed E-state index contributed by atoms with van der Waals surface area (Å²) in [4.78, 5) is 1.80. The van der Waals surface area contributed by atoms with E-state index in [1.165, 1.54) is 12.8 Å². The van der Waals surface area contributed by atoms with Crippen LogP contribution >= 0.6 is 0 Å². The summed E-state index contributed by atoms with van der Waals surface area (Å²) in [6, 6.07) is 0.368. The van der Waals surface area contributed by atoms with Crippen molar-refractivity contribution in [2.24, 2.45) is 0 Å². The van der Waals surface area contributed by atoms with Crippen molar-refractivity contribution in [2.45, 2.75) is 82.5 Å². The summed E-state index contributed by atoms with van der Waals surface area (Å²) in [7, 11) is 0. The summed E-state index contributed by atoms with van der Waals surface area (Å²) in [5, 5.41) is 0. The third-order valence-electron chi connectivity index (χ3n) is 4.45. The fourth-order valence-electron chi connectivity index (χ4n) is 3.59. The van der Waals surface area contributed by atoms with Crippen LogP contribution in [0.4, 0.5) is 13.2 Å². The van der Waals surface area contributed by atoms with Crippen LogP contribution in [0, 0.1) is 0 Å². The molecule has 0 unspecified atom stereocenters. The van der Waals surface area contributed by atoms with Gasteiger partial charge in [0.1, 0.15) is 0 Å². The van der Waals surface area contributed by atoms with Gasteiger partial charge in [-0.2, -0.15) is 13.2 Å². The molecule has 0 radical (unpaired) electrons. The molecule has 0 bridgehead atoms. The Hall–Kier alpha value is -0.250. The van der Waals surface area contributed by atoms with Gasteiger partial charge in [0.15, 0.2) is 0 Å². The summed E-state index contributed by atoms with van der Waals surface area (Å²) < 4.78 is 38.3. The molecule has 0 spiro atoms. The predicted molar refractivity (Wildman–Crippen MR) is 66.5 cm³/mol. The maximum Gasteiger partial charge on any atom is 0.401 e. The summed E-state index contributed by atoms with van der Waals surface area (Å²) >= 11 is 0. The topological polar surface area (TPSA) is 3.24 Å². The summed E-state index contributed by atoms with van der Waals surface area (Å²) in [6.45, 7) is -0.692. The van der Waals surface area contributed by atoms with Crippen molar-refractivity contribution in [1.82, 2.24) is 4.90 Å². The lowest BCUT2D eigenvalue weighted by molar-refractivity contribution is -0.160. The van der Waals surface area contributed by atoms with E-state index in [-0.39, 0.29) is 12.1 Å². The first-order valence-electron chi connectivity index (χ1n) is 7.39. The molecule has 4 heteroatoms. The van der Waals surface area contributed by atoms with E-state index < -0.39 is 12.7 Å². The highest BCUT2D eigenvalue weighted by molar-refractivity contribution is 4.85. The van der Waals surface area contributed by atoms with E-state index in [2.05, 4.69) is 0 Å². The van der Waals surface area contributed by atoms with Crippen LogP contribution in [0.3, 0.4) is 0 Å². The second-order valence-corrected chi connectivity index (χ2v) is 5.87. The van der Waals surface area contributed by atoms with Gasteiger partial charge >= 0.3 is 6.18 Å². The number of rotatable bonds is 3. The monoisotopic (exact) mass is 263 g/mol. The molecule has 0 aromatic rings. The van der Waals surface area contributed by atoms with Crippen molar-refractivity contribution < 1.29 is 13.2 Å². The van der Waals surface area contributed by atoms with Crippen LogP contribution in [0.15, 0.2) is 0 Å². The zero-order valence-electron chi connectivity index (χ0n) is 11.0. The minimum atomic E-state index is -4.05. The predicted octanol–water partition coefficient (Wildman–Crippen LogP) is 4.52. The molecule has 1 nitrogen and oxygen atoms in total. The zero-order chi connectivity index (χ0) is 13.0. The smallest absolute Gasteiger partial charge is 0.289 e. The maximum absolute atomic E-state index is 12.8. The number of hydrogen-bond donors (Lipinski definition) is 0. The Morgan fingerprint density at radius 1 is 0.722 bits per heavy atom. The lowest BCUT2D eigenvalue weighted by Gasteiger charge is -2.41. The Balaban J connectivity index is 2.00. The fraction of sp³-hybridized carbons (Fsp3) is 1.00. The molecule has 0 aliphatic heterocycles. The Kier molecular flexibility index (Phi) is 4.93. The molecule has 2 aliphatic rings. The van der Waals surface area contributed by atoms with Gasteiger partial charge in [-0.05, 0) is 25.7 Å². The molecule has 106 valence electrons. The van der Waals surface area contributed by atoms with Gasteiger partial charge in [0, 0.05) is 12.1 Å². The van der Waals surface area contributed by atoms with Crippen molar-refractivity contribution in [3.05, 3.63) is 0 Å². The normalized spacial score (nSPS) is 24.7.